The zero-order chi connectivity index (χ0) is 20.8. The Bertz CT molecular complexity index is 1000. The van der Waals surface area contributed by atoms with Gasteiger partial charge in [0.25, 0.3) is 0 Å². The minimum absolute atomic E-state index is 0.495. The molecule has 2 aromatic heterocycles. The van der Waals surface area contributed by atoms with Crippen molar-refractivity contribution in [3.63, 3.8) is 0 Å². The summed E-state index contributed by atoms with van der Waals surface area (Å²) in [7, 11) is 3.16. The number of nitrogens with zero attached hydrogens (tertiary/aromatic N) is 3. The number of pyridine rings is 2. The van der Waals surface area contributed by atoms with Crippen LogP contribution in [0.15, 0.2) is 48.7 Å². The van der Waals surface area contributed by atoms with Crippen molar-refractivity contribution in [2.24, 2.45) is 0 Å². The Labute approximate surface area is 173 Å². The van der Waals surface area contributed by atoms with Gasteiger partial charge in [0, 0.05) is 30.6 Å². The zero-order valence-corrected chi connectivity index (χ0v) is 17.0. The van der Waals surface area contributed by atoms with Gasteiger partial charge < -0.3 is 15.4 Å². The first-order chi connectivity index (χ1) is 14.0. The first kappa shape index (κ1) is 20.2. The maximum absolute atomic E-state index is 11.1. The fourth-order valence-corrected chi connectivity index (χ4v) is 2.88. The van der Waals surface area contributed by atoms with Gasteiger partial charge in [-0.1, -0.05) is 23.7 Å². The van der Waals surface area contributed by atoms with E-state index in [0.717, 1.165) is 11.3 Å². The van der Waals surface area contributed by atoms with Gasteiger partial charge in [-0.25, -0.2) is 9.97 Å². The lowest BCUT2D eigenvalue weighted by atomic mass is 10.2. The van der Waals surface area contributed by atoms with Crippen molar-refractivity contribution < 1.29 is 9.53 Å². The second kappa shape index (κ2) is 9.11. The van der Waals surface area contributed by atoms with Crippen LogP contribution in [-0.2, 0) is 4.79 Å². The summed E-state index contributed by atoms with van der Waals surface area (Å²) in [5, 5.41) is 8.27. The summed E-state index contributed by atoms with van der Waals surface area (Å²) in [6.45, 7) is 1.89. The summed E-state index contributed by atoms with van der Waals surface area (Å²) in [5.74, 6) is 2.22. The average Bonchev–Trinajstić information content (AvgIpc) is 2.72. The molecule has 2 heterocycles. The molecule has 0 saturated heterocycles. The van der Waals surface area contributed by atoms with Crippen molar-refractivity contribution in [2.45, 2.75) is 6.92 Å². The molecule has 0 bridgehead atoms. The van der Waals surface area contributed by atoms with E-state index in [1.165, 1.54) is 5.01 Å². The number of aromatic nitrogens is 2. The number of para-hydroxylation sites is 1. The number of benzene rings is 1. The van der Waals surface area contributed by atoms with E-state index in [2.05, 4.69) is 26.0 Å². The van der Waals surface area contributed by atoms with E-state index in [4.69, 9.17) is 16.3 Å². The van der Waals surface area contributed by atoms with E-state index in [1.54, 1.807) is 26.4 Å². The molecular weight excluding hydrogens is 392 g/mol. The van der Waals surface area contributed by atoms with Crippen LogP contribution in [0.1, 0.15) is 5.56 Å². The van der Waals surface area contributed by atoms with Gasteiger partial charge in [0.05, 0.1) is 17.8 Å². The van der Waals surface area contributed by atoms with Gasteiger partial charge in [0.1, 0.15) is 11.6 Å². The molecule has 0 saturated carbocycles. The van der Waals surface area contributed by atoms with Crippen LogP contribution in [0.4, 0.5) is 28.8 Å². The molecule has 0 aliphatic heterocycles. The van der Waals surface area contributed by atoms with Crippen molar-refractivity contribution in [2.75, 3.05) is 30.2 Å². The van der Waals surface area contributed by atoms with Crippen molar-refractivity contribution in [1.82, 2.24) is 15.0 Å². The Morgan fingerprint density at radius 2 is 1.93 bits per heavy atom. The number of amides is 1. The molecule has 1 aromatic carbocycles. The average molecular weight is 413 g/mol. The minimum Gasteiger partial charge on any atom is -0.493 e. The highest BCUT2D eigenvalue weighted by atomic mass is 35.5. The normalized spacial score (nSPS) is 10.2. The highest BCUT2D eigenvalue weighted by molar-refractivity contribution is 6.32. The molecule has 150 valence electrons. The van der Waals surface area contributed by atoms with Gasteiger partial charge in [-0.2, -0.15) is 0 Å². The third kappa shape index (κ3) is 4.85. The van der Waals surface area contributed by atoms with Gasteiger partial charge in [-0.15, -0.1) is 0 Å². The molecule has 0 radical (unpaired) electrons. The fourth-order valence-electron chi connectivity index (χ4n) is 2.63. The van der Waals surface area contributed by atoms with Crippen molar-refractivity contribution in [1.29, 1.82) is 0 Å². The van der Waals surface area contributed by atoms with E-state index < -0.39 is 0 Å². The summed E-state index contributed by atoms with van der Waals surface area (Å²) >= 11 is 6.24. The van der Waals surface area contributed by atoms with E-state index >= 15 is 0 Å². The molecule has 29 heavy (non-hydrogen) atoms. The molecule has 0 unspecified atom stereocenters. The first-order valence-corrected chi connectivity index (χ1v) is 9.13. The number of carbonyl (C=O) groups excluding carboxylic acids is 1. The minimum atomic E-state index is 0.495. The van der Waals surface area contributed by atoms with Gasteiger partial charge in [-0.3, -0.25) is 15.2 Å². The van der Waals surface area contributed by atoms with Crippen LogP contribution < -0.4 is 20.8 Å². The Hall–Kier alpha value is -3.52. The second-order valence-electron chi connectivity index (χ2n) is 6.14. The van der Waals surface area contributed by atoms with Crippen LogP contribution >= 0.6 is 11.6 Å². The number of hydrogen-bond acceptors (Lipinski definition) is 7. The van der Waals surface area contributed by atoms with E-state index in [0.29, 0.717) is 40.3 Å². The molecule has 1 amide bonds. The summed E-state index contributed by atoms with van der Waals surface area (Å²) in [6.07, 6.45) is 2.35. The molecule has 0 spiro atoms. The van der Waals surface area contributed by atoms with Crippen LogP contribution in [-0.4, -0.2) is 35.5 Å². The van der Waals surface area contributed by atoms with E-state index in [1.807, 2.05) is 43.3 Å². The highest BCUT2D eigenvalue weighted by Gasteiger charge is 2.14. The second-order valence-corrected chi connectivity index (χ2v) is 6.55. The van der Waals surface area contributed by atoms with Crippen LogP contribution in [0.25, 0.3) is 0 Å². The van der Waals surface area contributed by atoms with E-state index in [9.17, 15) is 4.79 Å². The largest absolute Gasteiger partial charge is 0.493 e. The van der Waals surface area contributed by atoms with Gasteiger partial charge in [-0.05, 0) is 31.2 Å². The Morgan fingerprint density at radius 1 is 1.10 bits per heavy atom. The molecule has 0 atom stereocenters. The number of nitrogens with one attached hydrogen (secondary N) is 3. The SMILES string of the molecule is COc1c(Cl)cccc1Nc1cc(Nc2ccccn2)nc(NN(C)C=O)c1C. The molecule has 0 aliphatic carbocycles. The number of rotatable bonds is 8. The topological polar surface area (TPSA) is 91.4 Å². The van der Waals surface area contributed by atoms with Crippen molar-refractivity contribution in [3.8, 4) is 5.75 Å². The lowest BCUT2D eigenvalue weighted by molar-refractivity contribution is -0.115. The molecule has 3 aromatic rings. The summed E-state index contributed by atoms with van der Waals surface area (Å²) < 4.78 is 5.42. The Balaban J connectivity index is 2.02. The van der Waals surface area contributed by atoms with Crippen molar-refractivity contribution in [3.05, 3.63) is 59.2 Å². The van der Waals surface area contributed by atoms with Crippen LogP contribution in [0.2, 0.25) is 5.02 Å². The van der Waals surface area contributed by atoms with Crippen LogP contribution in [0.3, 0.4) is 0 Å². The lowest BCUT2D eigenvalue weighted by Gasteiger charge is -2.20. The predicted octanol–water partition coefficient (Wildman–Crippen LogP) is 4.35. The fraction of sp³-hybridized carbons (Fsp3) is 0.150. The van der Waals surface area contributed by atoms with Crippen LogP contribution in [0.5, 0.6) is 5.75 Å². The number of methoxy groups -OCH3 is 1. The predicted molar refractivity (Wildman–Crippen MR) is 115 cm³/mol. The molecule has 3 N–H and O–H groups in total. The number of ether oxygens (including phenoxy) is 1. The number of carbonyl (C=O) groups is 1. The maximum atomic E-state index is 11.1. The molecule has 3 rings (SSSR count). The van der Waals surface area contributed by atoms with Crippen molar-refractivity contribution >= 4 is 46.8 Å². The summed E-state index contributed by atoms with van der Waals surface area (Å²) in [4.78, 5) is 19.9. The summed E-state index contributed by atoms with van der Waals surface area (Å²) in [6, 6.07) is 12.8. The molecular formula is C20H21ClN6O2. The monoisotopic (exact) mass is 412 g/mol. The first-order valence-electron chi connectivity index (χ1n) is 8.76. The molecule has 0 fully saturated rings. The lowest BCUT2D eigenvalue weighted by Crippen LogP contribution is -2.24. The Morgan fingerprint density at radius 3 is 2.62 bits per heavy atom. The smallest absolute Gasteiger partial charge is 0.227 e. The van der Waals surface area contributed by atoms with Crippen LogP contribution in [0, 0.1) is 6.92 Å². The highest BCUT2D eigenvalue weighted by Crippen LogP contribution is 2.37. The molecule has 9 heteroatoms. The van der Waals surface area contributed by atoms with Gasteiger partial charge >= 0.3 is 0 Å². The van der Waals surface area contributed by atoms with E-state index in [-0.39, 0.29) is 0 Å². The van der Waals surface area contributed by atoms with Gasteiger partial charge in [0.15, 0.2) is 11.6 Å². The van der Waals surface area contributed by atoms with Gasteiger partial charge in [0.2, 0.25) is 6.41 Å². The third-order valence-electron chi connectivity index (χ3n) is 4.07. The summed E-state index contributed by atoms with van der Waals surface area (Å²) in [5.41, 5.74) is 5.20. The number of anilines is 5. The third-order valence-corrected chi connectivity index (χ3v) is 4.37. The molecule has 8 nitrogen and oxygen atoms in total. The number of hydrazine groups is 1. The Kier molecular flexibility index (Phi) is 6.36. The maximum Gasteiger partial charge on any atom is 0.227 e. The molecule has 0 aliphatic rings. The quantitative estimate of drug-likeness (QED) is 0.374. The number of hydrogen-bond donors (Lipinski definition) is 3. The number of halogens is 1. The standard InChI is InChI=1S/C20H21ClN6O2/c1-13-16(23-15-8-6-7-14(21)19(15)29-3)11-18(24-17-9-4-5-10-22-17)25-20(13)26-27(2)12-28/h4-12H,1-3H3,(H3,22,23,24,25,26). The zero-order valence-electron chi connectivity index (χ0n) is 16.2.